The smallest absolute Gasteiger partial charge is 0.416 e. The molecular weight excluding hydrogens is 529 g/mol. The molecule has 4 rings (SSSR count). The minimum absolute atomic E-state index is 0.00664. The summed E-state index contributed by atoms with van der Waals surface area (Å²) in [6.07, 6.45) is -3.67. The summed E-state index contributed by atoms with van der Waals surface area (Å²) in [4.78, 5) is 58.8. The lowest BCUT2D eigenvalue weighted by Crippen LogP contribution is -2.54. The number of alkyl halides is 3. The number of nitro benzene ring substituents is 2. The molecule has 0 aromatic heterocycles. The van der Waals surface area contributed by atoms with Gasteiger partial charge in [0.05, 0.1) is 21.1 Å². The van der Waals surface area contributed by atoms with Gasteiger partial charge >= 0.3 is 17.9 Å². The minimum Gasteiger partial charge on any atom is -0.450 e. The Morgan fingerprint density at radius 2 is 1.59 bits per heavy atom. The van der Waals surface area contributed by atoms with Crippen molar-refractivity contribution in [2.45, 2.75) is 6.18 Å². The third-order valence-corrected chi connectivity index (χ3v) is 5.30. The summed E-state index contributed by atoms with van der Waals surface area (Å²) in [7, 11) is 0. The number of hydrogen-bond acceptors (Lipinski definition) is 8. The Bertz CT molecular complexity index is 1570. The number of non-ortho nitro benzene ring substituents is 1. The van der Waals surface area contributed by atoms with E-state index in [1.165, 1.54) is 36.4 Å². The topological polar surface area (TPSA) is 162 Å². The van der Waals surface area contributed by atoms with Gasteiger partial charge < -0.3 is 4.74 Å². The summed E-state index contributed by atoms with van der Waals surface area (Å²) >= 11 is 0. The number of imide groups is 2. The van der Waals surface area contributed by atoms with Crippen molar-refractivity contribution < 1.29 is 42.1 Å². The average Bonchev–Trinajstić information content (AvgIpc) is 2.87. The fourth-order valence-electron chi connectivity index (χ4n) is 3.49. The predicted octanol–water partition coefficient (Wildman–Crippen LogP) is 4.98. The van der Waals surface area contributed by atoms with Crippen LogP contribution in [0, 0.1) is 20.2 Å². The number of halogens is 3. The van der Waals surface area contributed by atoms with Crippen LogP contribution in [0.1, 0.15) is 11.1 Å². The van der Waals surface area contributed by atoms with E-state index >= 15 is 0 Å². The SMILES string of the molecule is O=C1NC(=O)N(c2cccc([N+](=O)[O-])c2)C(=O)/C1=C/c1ccc(Oc2ccc(C(F)(F)F)cc2[N+](=O)[O-])cc1. The zero-order valence-corrected chi connectivity index (χ0v) is 19.2. The maximum atomic E-state index is 13.0. The maximum absolute atomic E-state index is 13.0. The van der Waals surface area contributed by atoms with Crippen LogP contribution in [0.15, 0.2) is 72.3 Å². The van der Waals surface area contributed by atoms with Crippen LogP contribution in [0.4, 0.5) is 35.0 Å². The van der Waals surface area contributed by atoms with E-state index in [2.05, 4.69) is 0 Å². The van der Waals surface area contributed by atoms with Crippen molar-refractivity contribution in [3.63, 3.8) is 0 Å². The van der Waals surface area contributed by atoms with Crippen molar-refractivity contribution >= 4 is 41.0 Å². The van der Waals surface area contributed by atoms with Gasteiger partial charge in [-0.15, -0.1) is 0 Å². The number of nitrogens with one attached hydrogen (secondary N) is 1. The Morgan fingerprint density at radius 1 is 0.897 bits per heavy atom. The number of barbiturate groups is 1. The van der Waals surface area contributed by atoms with E-state index in [1.54, 1.807) is 0 Å². The lowest BCUT2D eigenvalue weighted by molar-refractivity contribution is -0.385. The summed E-state index contributed by atoms with van der Waals surface area (Å²) in [6.45, 7) is 0. The minimum atomic E-state index is -4.79. The molecule has 3 aromatic rings. The Balaban J connectivity index is 1.59. The number of ether oxygens (including phenoxy) is 1. The van der Waals surface area contributed by atoms with Gasteiger partial charge in [-0.2, -0.15) is 13.2 Å². The molecule has 0 saturated carbocycles. The van der Waals surface area contributed by atoms with Crippen LogP contribution in [0.5, 0.6) is 11.5 Å². The second-order valence-corrected chi connectivity index (χ2v) is 7.84. The second-order valence-electron chi connectivity index (χ2n) is 7.84. The summed E-state index contributed by atoms with van der Waals surface area (Å²) in [5, 5.41) is 24.3. The largest absolute Gasteiger partial charge is 0.450 e. The fourth-order valence-corrected chi connectivity index (χ4v) is 3.49. The molecule has 1 N–H and O–H groups in total. The molecule has 0 radical (unpaired) electrons. The molecule has 1 aliphatic rings. The number of hydrogen-bond donors (Lipinski definition) is 1. The third kappa shape index (κ3) is 5.56. The van der Waals surface area contributed by atoms with Crippen molar-refractivity contribution in [1.82, 2.24) is 5.32 Å². The maximum Gasteiger partial charge on any atom is 0.416 e. The average molecular weight is 542 g/mol. The van der Waals surface area contributed by atoms with E-state index in [4.69, 9.17) is 4.74 Å². The van der Waals surface area contributed by atoms with Crippen LogP contribution >= 0.6 is 0 Å². The molecule has 0 spiro atoms. The zero-order valence-electron chi connectivity index (χ0n) is 19.2. The number of carbonyl (C=O) groups is 3. The molecule has 15 heteroatoms. The highest BCUT2D eigenvalue weighted by Crippen LogP contribution is 2.38. The molecule has 1 saturated heterocycles. The summed E-state index contributed by atoms with van der Waals surface area (Å²) in [5.74, 6) is -2.53. The Hall–Kier alpha value is -5.60. The predicted molar refractivity (Wildman–Crippen MR) is 127 cm³/mol. The van der Waals surface area contributed by atoms with E-state index in [0.29, 0.717) is 17.0 Å². The molecule has 1 heterocycles. The summed E-state index contributed by atoms with van der Waals surface area (Å²) < 4.78 is 44.1. The monoisotopic (exact) mass is 542 g/mol. The molecule has 1 aliphatic heterocycles. The van der Waals surface area contributed by atoms with E-state index < -0.39 is 56.4 Å². The quantitative estimate of drug-likeness (QED) is 0.197. The normalized spacial score (nSPS) is 14.8. The molecule has 0 bridgehead atoms. The number of urea groups is 1. The first-order valence-electron chi connectivity index (χ1n) is 10.6. The highest BCUT2D eigenvalue weighted by atomic mass is 19.4. The third-order valence-electron chi connectivity index (χ3n) is 5.30. The highest BCUT2D eigenvalue weighted by Gasteiger charge is 2.37. The number of carbonyl (C=O) groups excluding carboxylic acids is 3. The number of amides is 4. The van der Waals surface area contributed by atoms with Gasteiger partial charge in [-0.25, -0.2) is 9.69 Å². The van der Waals surface area contributed by atoms with Gasteiger partial charge in [0, 0.05) is 18.2 Å². The Kier molecular flexibility index (Phi) is 6.81. The van der Waals surface area contributed by atoms with Gasteiger partial charge in [-0.3, -0.25) is 35.1 Å². The van der Waals surface area contributed by atoms with E-state index in [1.807, 2.05) is 5.32 Å². The second kappa shape index (κ2) is 10.0. The summed E-state index contributed by atoms with van der Waals surface area (Å²) in [5.41, 5.74) is -2.90. The van der Waals surface area contributed by atoms with Gasteiger partial charge in [0.25, 0.3) is 17.5 Å². The molecule has 0 unspecified atom stereocenters. The van der Waals surface area contributed by atoms with E-state index in [-0.39, 0.29) is 22.7 Å². The zero-order chi connectivity index (χ0) is 28.5. The van der Waals surface area contributed by atoms with Gasteiger partial charge in [0.2, 0.25) is 5.75 Å². The molecule has 0 aliphatic carbocycles. The van der Waals surface area contributed by atoms with Crippen molar-refractivity contribution in [2.75, 3.05) is 4.90 Å². The fraction of sp³-hybridized carbons (Fsp3) is 0.0417. The van der Waals surface area contributed by atoms with Gasteiger partial charge in [0.1, 0.15) is 11.3 Å². The standard InChI is InChI=1S/C24H13F3N4O8/c25-24(26,27)14-6-9-20(19(11-14)31(37)38)39-17-7-4-13(5-8-17)10-18-21(32)28-23(34)29(22(18)33)15-2-1-3-16(12-15)30(35)36/h1-12H,(H,28,32,34)/b18-10+. The lowest BCUT2D eigenvalue weighted by Gasteiger charge is -2.26. The van der Waals surface area contributed by atoms with Crippen LogP contribution in [0.25, 0.3) is 6.08 Å². The first-order valence-corrected chi connectivity index (χ1v) is 10.6. The number of anilines is 1. The van der Waals surface area contributed by atoms with Crippen LogP contribution in [-0.2, 0) is 15.8 Å². The highest BCUT2D eigenvalue weighted by molar-refractivity contribution is 6.39. The van der Waals surface area contributed by atoms with Gasteiger partial charge in [-0.1, -0.05) is 18.2 Å². The Morgan fingerprint density at radius 3 is 2.21 bits per heavy atom. The first kappa shape index (κ1) is 26.5. The molecule has 3 aromatic carbocycles. The van der Waals surface area contributed by atoms with E-state index in [9.17, 15) is 47.8 Å². The van der Waals surface area contributed by atoms with Crippen molar-refractivity contribution in [2.24, 2.45) is 0 Å². The molecule has 39 heavy (non-hydrogen) atoms. The van der Waals surface area contributed by atoms with Crippen molar-refractivity contribution in [1.29, 1.82) is 0 Å². The first-order chi connectivity index (χ1) is 18.3. The molecule has 12 nitrogen and oxygen atoms in total. The van der Waals surface area contributed by atoms with E-state index in [0.717, 1.165) is 24.3 Å². The van der Waals surface area contributed by atoms with Gasteiger partial charge in [-0.05, 0) is 42.0 Å². The van der Waals surface area contributed by atoms with Crippen LogP contribution in [0.3, 0.4) is 0 Å². The molecule has 4 amide bonds. The number of rotatable bonds is 6. The van der Waals surface area contributed by atoms with Crippen molar-refractivity contribution in [3.8, 4) is 11.5 Å². The molecule has 198 valence electrons. The van der Waals surface area contributed by atoms with Gasteiger partial charge in [0.15, 0.2) is 0 Å². The Labute approximate surface area is 215 Å². The van der Waals surface area contributed by atoms with Crippen LogP contribution in [0.2, 0.25) is 0 Å². The number of benzene rings is 3. The number of nitrogens with zero attached hydrogens (tertiary/aromatic N) is 3. The van der Waals surface area contributed by atoms with Crippen LogP contribution in [-0.4, -0.2) is 27.7 Å². The summed E-state index contributed by atoms with van der Waals surface area (Å²) in [6, 6.07) is 10.6. The molecular formula is C24H13F3N4O8. The number of nitro groups is 2. The van der Waals surface area contributed by atoms with Crippen LogP contribution < -0.4 is 15.0 Å². The molecule has 0 atom stereocenters. The van der Waals surface area contributed by atoms with Crippen molar-refractivity contribution in [3.05, 3.63) is 104 Å². The lowest BCUT2D eigenvalue weighted by atomic mass is 10.1. The molecule has 1 fully saturated rings.